The second kappa shape index (κ2) is 4.83. The van der Waals surface area contributed by atoms with Crippen LogP contribution in [0.2, 0.25) is 0 Å². The van der Waals surface area contributed by atoms with Crippen molar-refractivity contribution in [2.75, 3.05) is 7.11 Å². The Hall–Kier alpha value is -2.43. The summed E-state index contributed by atoms with van der Waals surface area (Å²) in [6.07, 6.45) is 0.434. The van der Waals surface area contributed by atoms with Gasteiger partial charge in [0.15, 0.2) is 0 Å². The highest BCUT2D eigenvalue weighted by atomic mass is 16.5. The summed E-state index contributed by atoms with van der Waals surface area (Å²) in [5, 5.41) is 0.872. The van der Waals surface area contributed by atoms with Gasteiger partial charge in [-0.2, -0.15) is 0 Å². The standard InChI is InChI=1S/C13H11NO4/c1-18-13(17)12(16)9(7-15)11-6-8-4-2-3-5-10(8)14-11/h2-7,9,14H,1H3. The number of H-pyrrole nitrogens is 1. The van der Waals surface area contributed by atoms with Crippen molar-refractivity contribution in [2.45, 2.75) is 5.92 Å². The van der Waals surface area contributed by atoms with Crippen LogP contribution in [0.5, 0.6) is 0 Å². The van der Waals surface area contributed by atoms with Crippen LogP contribution in [-0.4, -0.2) is 30.1 Å². The number of esters is 1. The molecule has 0 fully saturated rings. The van der Waals surface area contributed by atoms with Gasteiger partial charge in [0.25, 0.3) is 5.78 Å². The third-order valence-corrected chi connectivity index (χ3v) is 2.69. The van der Waals surface area contributed by atoms with E-state index in [1.165, 1.54) is 0 Å². The fourth-order valence-electron chi connectivity index (χ4n) is 1.77. The van der Waals surface area contributed by atoms with Crippen LogP contribution in [-0.2, 0) is 19.1 Å². The Labute approximate surface area is 103 Å². The molecule has 5 nitrogen and oxygen atoms in total. The molecule has 0 bridgehead atoms. The SMILES string of the molecule is COC(=O)C(=O)C(C=O)c1cc2ccccc2[nH]1. The minimum atomic E-state index is -1.15. The summed E-state index contributed by atoms with van der Waals surface area (Å²) in [5.74, 6) is -3.05. The number of ether oxygens (including phenoxy) is 1. The van der Waals surface area contributed by atoms with Gasteiger partial charge in [-0.15, -0.1) is 0 Å². The molecule has 0 aliphatic carbocycles. The molecule has 0 radical (unpaired) electrons. The Kier molecular flexibility index (Phi) is 3.23. The summed E-state index contributed by atoms with van der Waals surface area (Å²) in [4.78, 5) is 36.8. The van der Waals surface area contributed by atoms with Gasteiger partial charge in [-0.3, -0.25) is 4.79 Å². The molecule has 0 aliphatic rings. The number of carbonyl (C=O) groups excluding carboxylic acids is 3. The number of methoxy groups -OCH3 is 1. The molecule has 1 aromatic carbocycles. The summed E-state index contributed by atoms with van der Waals surface area (Å²) < 4.78 is 4.33. The summed E-state index contributed by atoms with van der Waals surface area (Å²) in [6, 6.07) is 9.02. The van der Waals surface area contributed by atoms with Crippen LogP contribution in [0, 0.1) is 0 Å². The lowest BCUT2D eigenvalue weighted by atomic mass is 10.0. The van der Waals surface area contributed by atoms with E-state index in [0.29, 0.717) is 12.0 Å². The zero-order chi connectivity index (χ0) is 13.1. The van der Waals surface area contributed by atoms with Gasteiger partial charge in [-0.25, -0.2) is 4.79 Å². The first-order chi connectivity index (χ1) is 8.67. The zero-order valence-electron chi connectivity index (χ0n) is 9.67. The van der Waals surface area contributed by atoms with Gasteiger partial charge in [0.2, 0.25) is 0 Å². The number of nitrogens with one attached hydrogen (secondary N) is 1. The van der Waals surface area contributed by atoms with Crippen molar-refractivity contribution in [3.63, 3.8) is 0 Å². The molecule has 1 atom stereocenters. The van der Waals surface area contributed by atoms with Crippen molar-refractivity contribution in [2.24, 2.45) is 0 Å². The lowest BCUT2D eigenvalue weighted by Crippen LogP contribution is -2.24. The van der Waals surface area contributed by atoms with Crippen molar-refractivity contribution >= 4 is 28.9 Å². The number of para-hydroxylation sites is 1. The number of fused-ring (bicyclic) bond motifs is 1. The Morgan fingerprint density at radius 3 is 2.67 bits per heavy atom. The van der Waals surface area contributed by atoms with Crippen molar-refractivity contribution in [3.8, 4) is 0 Å². The molecule has 0 saturated heterocycles. The predicted octanol–water partition coefficient (Wildman–Crippen LogP) is 1.19. The van der Waals surface area contributed by atoms with Crippen molar-refractivity contribution in [1.82, 2.24) is 4.98 Å². The molecule has 92 valence electrons. The molecule has 2 aromatic rings. The first kappa shape index (κ1) is 12.0. The number of aromatic amines is 1. The van der Waals surface area contributed by atoms with Crippen LogP contribution in [0.3, 0.4) is 0 Å². The third-order valence-electron chi connectivity index (χ3n) is 2.69. The van der Waals surface area contributed by atoms with Crippen molar-refractivity contribution in [1.29, 1.82) is 0 Å². The van der Waals surface area contributed by atoms with E-state index in [4.69, 9.17) is 0 Å². The van der Waals surface area contributed by atoms with E-state index in [2.05, 4.69) is 9.72 Å². The molecular formula is C13H11NO4. The van der Waals surface area contributed by atoms with Crippen LogP contribution >= 0.6 is 0 Å². The van der Waals surface area contributed by atoms with Crippen molar-refractivity contribution in [3.05, 3.63) is 36.0 Å². The number of hydrogen-bond acceptors (Lipinski definition) is 4. The number of carbonyl (C=O) groups is 3. The second-order valence-electron chi connectivity index (χ2n) is 3.78. The van der Waals surface area contributed by atoms with Gasteiger partial charge in [-0.05, 0) is 17.5 Å². The highest BCUT2D eigenvalue weighted by Crippen LogP contribution is 2.21. The lowest BCUT2D eigenvalue weighted by molar-refractivity contribution is -0.152. The maximum atomic E-state index is 11.7. The Balaban J connectivity index is 2.41. The van der Waals surface area contributed by atoms with Crippen LogP contribution in [0.25, 0.3) is 10.9 Å². The van der Waals surface area contributed by atoms with Crippen LogP contribution in [0.15, 0.2) is 30.3 Å². The molecule has 0 spiro atoms. The molecule has 1 heterocycles. The molecule has 2 rings (SSSR count). The summed E-state index contributed by atoms with van der Waals surface area (Å²) in [6.45, 7) is 0. The molecule has 1 aromatic heterocycles. The summed E-state index contributed by atoms with van der Waals surface area (Å²) in [5.41, 5.74) is 1.19. The first-order valence-corrected chi connectivity index (χ1v) is 5.32. The predicted molar refractivity (Wildman–Crippen MR) is 64.1 cm³/mol. The van der Waals surface area contributed by atoms with Gasteiger partial charge in [0.1, 0.15) is 12.2 Å². The second-order valence-corrected chi connectivity index (χ2v) is 3.78. The lowest BCUT2D eigenvalue weighted by Gasteiger charge is -2.04. The molecule has 0 amide bonds. The first-order valence-electron chi connectivity index (χ1n) is 5.32. The summed E-state index contributed by atoms with van der Waals surface area (Å²) in [7, 11) is 1.10. The van der Waals surface area contributed by atoms with Gasteiger partial charge in [0.05, 0.1) is 7.11 Å². The Morgan fingerprint density at radius 2 is 2.06 bits per heavy atom. The van der Waals surface area contributed by atoms with Crippen LogP contribution in [0.1, 0.15) is 11.6 Å². The van der Waals surface area contributed by atoms with Gasteiger partial charge < -0.3 is 14.5 Å². The molecule has 0 aliphatic heterocycles. The van der Waals surface area contributed by atoms with E-state index >= 15 is 0 Å². The van der Waals surface area contributed by atoms with E-state index in [-0.39, 0.29) is 0 Å². The number of Topliss-reactive ketones (excluding diaryl/α,β-unsaturated/α-hetero) is 1. The average molecular weight is 245 g/mol. The maximum Gasteiger partial charge on any atom is 0.375 e. The van der Waals surface area contributed by atoms with Crippen molar-refractivity contribution < 1.29 is 19.1 Å². The fraction of sp³-hybridized carbons (Fsp3) is 0.154. The highest BCUT2D eigenvalue weighted by molar-refractivity contribution is 6.38. The topological polar surface area (TPSA) is 76.2 Å². The van der Waals surface area contributed by atoms with E-state index in [1.54, 1.807) is 6.07 Å². The van der Waals surface area contributed by atoms with E-state index < -0.39 is 17.7 Å². The van der Waals surface area contributed by atoms with Gasteiger partial charge in [-0.1, -0.05) is 18.2 Å². The minimum Gasteiger partial charge on any atom is -0.463 e. The molecule has 1 unspecified atom stereocenters. The molecule has 0 saturated carbocycles. The van der Waals surface area contributed by atoms with Gasteiger partial charge >= 0.3 is 5.97 Å². The third kappa shape index (κ3) is 2.02. The molecule has 18 heavy (non-hydrogen) atoms. The maximum absolute atomic E-state index is 11.7. The fourth-order valence-corrected chi connectivity index (χ4v) is 1.77. The number of aldehydes is 1. The van der Waals surface area contributed by atoms with Crippen LogP contribution < -0.4 is 0 Å². The Morgan fingerprint density at radius 1 is 1.33 bits per heavy atom. The van der Waals surface area contributed by atoms with E-state index in [1.807, 2.05) is 24.3 Å². The summed E-state index contributed by atoms with van der Waals surface area (Å²) >= 11 is 0. The molecule has 1 N–H and O–H groups in total. The molecule has 5 heteroatoms. The largest absolute Gasteiger partial charge is 0.463 e. The number of aromatic nitrogens is 1. The monoisotopic (exact) mass is 245 g/mol. The number of rotatable bonds is 4. The number of benzene rings is 1. The minimum absolute atomic E-state index is 0.390. The number of ketones is 1. The normalized spacial score (nSPS) is 12.1. The van der Waals surface area contributed by atoms with Gasteiger partial charge in [0, 0.05) is 11.2 Å². The van der Waals surface area contributed by atoms with Crippen LogP contribution in [0.4, 0.5) is 0 Å². The smallest absolute Gasteiger partial charge is 0.375 e. The number of hydrogen-bond donors (Lipinski definition) is 1. The highest BCUT2D eigenvalue weighted by Gasteiger charge is 2.28. The van der Waals surface area contributed by atoms with E-state index in [0.717, 1.165) is 18.0 Å². The van der Waals surface area contributed by atoms with E-state index in [9.17, 15) is 14.4 Å². The molecular weight excluding hydrogens is 234 g/mol. The Bertz CT molecular complexity index is 581. The zero-order valence-corrected chi connectivity index (χ0v) is 9.67. The average Bonchev–Trinajstić information content (AvgIpc) is 2.81. The quantitative estimate of drug-likeness (QED) is 0.380.